The molecular formula is C17H35ClN2O. The van der Waals surface area contributed by atoms with Gasteiger partial charge in [0.1, 0.15) is 0 Å². The maximum absolute atomic E-state index is 11.8. The van der Waals surface area contributed by atoms with Crippen molar-refractivity contribution in [2.75, 3.05) is 13.1 Å². The monoisotopic (exact) mass is 318 g/mol. The Morgan fingerprint density at radius 3 is 2.05 bits per heavy atom. The fourth-order valence-electron chi connectivity index (χ4n) is 2.86. The molecule has 0 atom stereocenters. The van der Waals surface area contributed by atoms with Crippen LogP contribution in [0.1, 0.15) is 84.0 Å². The van der Waals surface area contributed by atoms with E-state index in [2.05, 4.69) is 17.6 Å². The molecule has 0 saturated carbocycles. The second-order valence-electron chi connectivity index (χ2n) is 6.17. The van der Waals surface area contributed by atoms with Gasteiger partial charge in [-0.3, -0.25) is 4.79 Å². The van der Waals surface area contributed by atoms with E-state index in [1.807, 2.05) is 0 Å². The summed E-state index contributed by atoms with van der Waals surface area (Å²) in [7, 11) is 0. The number of nitrogens with one attached hydrogen (secondary N) is 2. The van der Waals surface area contributed by atoms with Gasteiger partial charge in [-0.05, 0) is 32.4 Å². The quantitative estimate of drug-likeness (QED) is 0.561. The van der Waals surface area contributed by atoms with E-state index in [0.717, 1.165) is 38.8 Å². The number of halogens is 1. The maximum Gasteiger partial charge on any atom is 0.220 e. The normalized spacial score (nSPS) is 15.5. The molecule has 0 bridgehead atoms. The van der Waals surface area contributed by atoms with Crippen LogP contribution in [-0.2, 0) is 4.79 Å². The molecule has 0 radical (unpaired) electrons. The Kier molecular flexibility index (Phi) is 14.5. The summed E-state index contributed by atoms with van der Waals surface area (Å²) < 4.78 is 0. The summed E-state index contributed by atoms with van der Waals surface area (Å²) >= 11 is 0. The topological polar surface area (TPSA) is 41.1 Å². The Bertz CT molecular complexity index is 243. The number of carbonyl (C=O) groups excluding carboxylic acids is 1. The minimum absolute atomic E-state index is 0. The van der Waals surface area contributed by atoms with E-state index in [1.165, 1.54) is 51.4 Å². The minimum atomic E-state index is 0. The van der Waals surface area contributed by atoms with Crippen LogP contribution < -0.4 is 10.6 Å². The molecule has 0 spiro atoms. The van der Waals surface area contributed by atoms with Gasteiger partial charge in [0.2, 0.25) is 5.91 Å². The van der Waals surface area contributed by atoms with Crippen LogP contribution in [0.3, 0.4) is 0 Å². The number of rotatable bonds is 11. The summed E-state index contributed by atoms with van der Waals surface area (Å²) in [4.78, 5) is 11.8. The molecule has 21 heavy (non-hydrogen) atoms. The van der Waals surface area contributed by atoms with Gasteiger partial charge >= 0.3 is 0 Å². The van der Waals surface area contributed by atoms with E-state index in [1.54, 1.807) is 0 Å². The standard InChI is InChI=1S/C17H34N2O.ClH/c1-2-3-4-5-6-7-8-9-10-11-17(20)19-16-12-14-18-15-13-16;/h16,18H,2-15H2,1H3,(H,19,20);1H. The van der Waals surface area contributed by atoms with Gasteiger partial charge in [0.15, 0.2) is 0 Å². The van der Waals surface area contributed by atoms with Crippen molar-refractivity contribution in [3.8, 4) is 0 Å². The predicted molar refractivity (Wildman–Crippen MR) is 93.1 cm³/mol. The van der Waals surface area contributed by atoms with Crippen LogP contribution in [0.25, 0.3) is 0 Å². The number of hydrogen-bond acceptors (Lipinski definition) is 2. The third-order valence-electron chi connectivity index (χ3n) is 4.21. The van der Waals surface area contributed by atoms with Crippen LogP contribution in [0.4, 0.5) is 0 Å². The molecule has 3 nitrogen and oxygen atoms in total. The molecular weight excluding hydrogens is 284 g/mol. The number of amides is 1. The Balaban J connectivity index is 0.00000400. The van der Waals surface area contributed by atoms with Crippen molar-refractivity contribution in [3.63, 3.8) is 0 Å². The summed E-state index contributed by atoms with van der Waals surface area (Å²) in [6.07, 6.45) is 14.7. The first-order chi connectivity index (χ1) is 9.83. The van der Waals surface area contributed by atoms with Crippen LogP contribution in [0.5, 0.6) is 0 Å². The highest BCUT2D eigenvalue weighted by Gasteiger charge is 2.14. The van der Waals surface area contributed by atoms with E-state index in [9.17, 15) is 4.79 Å². The number of carbonyl (C=O) groups is 1. The number of unbranched alkanes of at least 4 members (excludes halogenated alkanes) is 8. The minimum Gasteiger partial charge on any atom is -0.353 e. The first kappa shape index (κ1) is 20.7. The van der Waals surface area contributed by atoms with Gasteiger partial charge < -0.3 is 10.6 Å². The molecule has 1 amide bonds. The van der Waals surface area contributed by atoms with Crippen LogP contribution in [0.15, 0.2) is 0 Å². The second-order valence-corrected chi connectivity index (χ2v) is 6.17. The molecule has 0 unspecified atom stereocenters. The van der Waals surface area contributed by atoms with Crippen LogP contribution in [0.2, 0.25) is 0 Å². The zero-order valence-electron chi connectivity index (χ0n) is 13.8. The first-order valence-electron chi connectivity index (χ1n) is 8.83. The van der Waals surface area contributed by atoms with Crippen LogP contribution in [-0.4, -0.2) is 25.0 Å². The van der Waals surface area contributed by atoms with E-state index in [4.69, 9.17) is 0 Å². The van der Waals surface area contributed by atoms with Crippen molar-refractivity contribution in [1.29, 1.82) is 0 Å². The zero-order valence-corrected chi connectivity index (χ0v) is 14.6. The maximum atomic E-state index is 11.8. The lowest BCUT2D eigenvalue weighted by Crippen LogP contribution is -2.42. The lowest BCUT2D eigenvalue weighted by atomic mass is 10.1. The smallest absolute Gasteiger partial charge is 0.220 e. The molecule has 0 aromatic rings. The van der Waals surface area contributed by atoms with Crippen molar-refractivity contribution in [2.24, 2.45) is 0 Å². The molecule has 2 N–H and O–H groups in total. The average molecular weight is 319 g/mol. The lowest BCUT2D eigenvalue weighted by molar-refractivity contribution is -0.122. The fourth-order valence-corrected chi connectivity index (χ4v) is 2.86. The highest BCUT2D eigenvalue weighted by molar-refractivity contribution is 5.85. The van der Waals surface area contributed by atoms with Crippen molar-refractivity contribution >= 4 is 18.3 Å². The molecule has 4 heteroatoms. The second kappa shape index (κ2) is 14.6. The van der Waals surface area contributed by atoms with E-state index in [-0.39, 0.29) is 18.3 Å². The van der Waals surface area contributed by atoms with Gasteiger partial charge in [-0.25, -0.2) is 0 Å². The van der Waals surface area contributed by atoms with E-state index in [0.29, 0.717) is 6.04 Å². The molecule has 1 fully saturated rings. The van der Waals surface area contributed by atoms with Crippen molar-refractivity contribution in [1.82, 2.24) is 10.6 Å². The molecule has 0 aliphatic carbocycles. The Labute approximate surface area is 137 Å². The van der Waals surface area contributed by atoms with Gasteiger partial charge in [0.05, 0.1) is 0 Å². The van der Waals surface area contributed by atoms with Gasteiger partial charge in [-0.1, -0.05) is 58.3 Å². The first-order valence-corrected chi connectivity index (χ1v) is 8.83. The molecule has 0 aromatic heterocycles. The predicted octanol–water partition coefficient (Wildman–Crippen LogP) is 4.20. The molecule has 1 aliphatic heterocycles. The third-order valence-corrected chi connectivity index (χ3v) is 4.21. The molecule has 1 saturated heterocycles. The largest absolute Gasteiger partial charge is 0.353 e. The highest BCUT2D eigenvalue weighted by atomic mass is 35.5. The number of piperidine rings is 1. The van der Waals surface area contributed by atoms with Crippen molar-refractivity contribution < 1.29 is 4.79 Å². The van der Waals surface area contributed by atoms with Gasteiger partial charge in [-0.15, -0.1) is 12.4 Å². The van der Waals surface area contributed by atoms with Crippen LogP contribution >= 0.6 is 12.4 Å². The average Bonchev–Trinajstić information content (AvgIpc) is 2.46. The zero-order chi connectivity index (χ0) is 14.5. The molecule has 1 heterocycles. The van der Waals surface area contributed by atoms with E-state index >= 15 is 0 Å². The summed E-state index contributed by atoms with van der Waals surface area (Å²) in [6.45, 7) is 4.35. The van der Waals surface area contributed by atoms with Crippen LogP contribution in [0, 0.1) is 0 Å². The van der Waals surface area contributed by atoms with E-state index < -0.39 is 0 Å². The summed E-state index contributed by atoms with van der Waals surface area (Å²) in [5.41, 5.74) is 0. The molecule has 0 aromatic carbocycles. The Hall–Kier alpha value is -0.280. The molecule has 1 aliphatic rings. The molecule has 126 valence electrons. The third kappa shape index (κ3) is 12.0. The lowest BCUT2D eigenvalue weighted by Gasteiger charge is -2.23. The van der Waals surface area contributed by atoms with Gasteiger partial charge in [-0.2, -0.15) is 0 Å². The van der Waals surface area contributed by atoms with Gasteiger partial charge in [0, 0.05) is 12.5 Å². The molecule has 1 rings (SSSR count). The Morgan fingerprint density at radius 2 is 1.48 bits per heavy atom. The number of hydrogen-bond donors (Lipinski definition) is 2. The summed E-state index contributed by atoms with van der Waals surface area (Å²) in [5.74, 6) is 0.264. The summed E-state index contributed by atoms with van der Waals surface area (Å²) in [6, 6.07) is 0.419. The SMILES string of the molecule is CCCCCCCCCCCC(=O)NC1CCNCC1.Cl. The Morgan fingerprint density at radius 1 is 0.952 bits per heavy atom. The highest BCUT2D eigenvalue weighted by Crippen LogP contribution is 2.10. The van der Waals surface area contributed by atoms with Crippen molar-refractivity contribution in [2.45, 2.75) is 90.0 Å². The van der Waals surface area contributed by atoms with Gasteiger partial charge in [0.25, 0.3) is 0 Å². The summed E-state index contributed by atoms with van der Waals surface area (Å²) in [5, 5.41) is 6.49. The van der Waals surface area contributed by atoms with Crippen molar-refractivity contribution in [3.05, 3.63) is 0 Å². The fraction of sp³-hybridized carbons (Fsp3) is 0.941.